The zero-order valence-electron chi connectivity index (χ0n) is 18.5. The van der Waals surface area contributed by atoms with Gasteiger partial charge >= 0.3 is 0 Å². The number of fused-ring (bicyclic) bond motifs is 2. The minimum absolute atomic E-state index is 0.0143. The Morgan fingerprint density at radius 3 is 2.76 bits per heavy atom. The van der Waals surface area contributed by atoms with Gasteiger partial charge in [-0.1, -0.05) is 6.92 Å². The van der Waals surface area contributed by atoms with Crippen LogP contribution in [-0.4, -0.2) is 55.9 Å². The van der Waals surface area contributed by atoms with Crippen molar-refractivity contribution in [1.82, 2.24) is 24.5 Å². The number of hydrogen-bond acceptors (Lipinski definition) is 5. The number of halogens is 2. The molecule has 0 N–H and O–H groups in total. The number of likely N-dealkylation sites (tertiary alicyclic amines) is 1. The molecule has 0 unspecified atom stereocenters. The molecule has 3 aromatic rings. The topological polar surface area (TPSA) is 83.7 Å². The monoisotopic (exact) mass is 454 g/mol. The summed E-state index contributed by atoms with van der Waals surface area (Å²) in [7, 11) is 0. The lowest BCUT2D eigenvalue weighted by Crippen LogP contribution is -2.48. The van der Waals surface area contributed by atoms with Gasteiger partial charge in [-0.3, -0.25) is 9.59 Å². The molecule has 5 rings (SSSR count). The number of anilines is 1. The van der Waals surface area contributed by atoms with Crippen molar-refractivity contribution in [3.05, 3.63) is 53.1 Å². The summed E-state index contributed by atoms with van der Waals surface area (Å²) in [5.74, 6) is 0.00339. The predicted molar refractivity (Wildman–Crippen MR) is 116 cm³/mol. The van der Waals surface area contributed by atoms with Crippen molar-refractivity contribution in [3.63, 3.8) is 0 Å². The number of carbonyl (C=O) groups excluding carboxylic acids is 2. The molecule has 0 radical (unpaired) electrons. The van der Waals surface area contributed by atoms with E-state index in [0.717, 1.165) is 24.1 Å². The van der Waals surface area contributed by atoms with Gasteiger partial charge in [0.25, 0.3) is 18.1 Å². The summed E-state index contributed by atoms with van der Waals surface area (Å²) in [6, 6.07) is 6.83. The van der Waals surface area contributed by atoms with Crippen molar-refractivity contribution >= 4 is 23.3 Å². The average Bonchev–Trinajstić information content (AvgIpc) is 3.44. The summed E-state index contributed by atoms with van der Waals surface area (Å²) in [5.41, 5.74) is 2.04. The fourth-order valence-corrected chi connectivity index (χ4v) is 5.04. The van der Waals surface area contributed by atoms with Gasteiger partial charge in [0.1, 0.15) is 12.0 Å². The van der Waals surface area contributed by atoms with E-state index >= 15 is 0 Å². The van der Waals surface area contributed by atoms with Crippen LogP contribution >= 0.6 is 0 Å². The van der Waals surface area contributed by atoms with Gasteiger partial charge in [0.05, 0.1) is 5.69 Å². The van der Waals surface area contributed by atoms with E-state index in [2.05, 4.69) is 15.1 Å². The summed E-state index contributed by atoms with van der Waals surface area (Å²) in [5, 5.41) is 4.19. The predicted octanol–water partition coefficient (Wildman–Crippen LogP) is 3.16. The van der Waals surface area contributed by atoms with E-state index in [9.17, 15) is 18.4 Å². The molecule has 10 heteroatoms. The zero-order chi connectivity index (χ0) is 23.3. The standard InChI is InChI=1S/C23H24F2N6O2/c1-14(32)30-9-6-15-10-16(4-5-18(15)30)21(33)29-8-3-7-23(2,12-29)19-11-17(20(24)25)28-22-26-13-27-31(19)22/h4-5,10-11,13,20H,3,6-9,12H2,1-2H3/t23-/m1/s1. The first-order valence-electron chi connectivity index (χ1n) is 11.0. The molecule has 0 spiro atoms. The van der Waals surface area contributed by atoms with Gasteiger partial charge < -0.3 is 9.80 Å². The van der Waals surface area contributed by atoms with E-state index in [-0.39, 0.29) is 23.3 Å². The summed E-state index contributed by atoms with van der Waals surface area (Å²) in [4.78, 5) is 36.6. The van der Waals surface area contributed by atoms with Crippen LogP contribution in [-0.2, 0) is 16.6 Å². The van der Waals surface area contributed by atoms with E-state index in [1.165, 1.54) is 23.8 Å². The molecule has 0 bridgehead atoms. The van der Waals surface area contributed by atoms with E-state index in [1.54, 1.807) is 15.9 Å². The maximum absolute atomic E-state index is 13.5. The summed E-state index contributed by atoms with van der Waals surface area (Å²) < 4.78 is 28.4. The molecular weight excluding hydrogens is 430 g/mol. The molecule has 33 heavy (non-hydrogen) atoms. The molecule has 1 fully saturated rings. The van der Waals surface area contributed by atoms with Crippen LogP contribution in [0.1, 0.15) is 60.4 Å². The van der Waals surface area contributed by atoms with Gasteiger partial charge in [0.15, 0.2) is 0 Å². The van der Waals surface area contributed by atoms with Gasteiger partial charge in [0, 0.05) is 43.2 Å². The van der Waals surface area contributed by atoms with Crippen LogP contribution in [0.2, 0.25) is 0 Å². The third kappa shape index (κ3) is 3.63. The highest BCUT2D eigenvalue weighted by atomic mass is 19.3. The second-order valence-corrected chi connectivity index (χ2v) is 8.99. The van der Waals surface area contributed by atoms with Crippen LogP contribution < -0.4 is 4.90 Å². The lowest BCUT2D eigenvalue weighted by Gasteiger charge is -2.40. The molecule has 1 aromatic carbocycles. The van der Waals surface area contributed by atoms with Crippen LogP contribution in [0.3, 0.4) is 0 Å². The smallest absolute Gasteiger partial charge is 0.280 e. The molecule has 2 aromatic heterocycles. The molecular formula is C23H24F2N6O2. The zero-order valence-corrected chi connectivity index (χ0v) is 18.5. The third-order valence-electron chi connectivity index (χ3n) is 6.70. The average molecular weight is 454 g/mol. The molecule has 0 aliphatic carbocycles. The maximum atomic E-state index is 13.5. The Bertz CT molecular complexity index is 1260. The summed E-state index contributed by atoms with van der Waals surface area (Å²) in [6.45, 7) is 5.06. The highest BCUT2D eigenvalue weighted by molar-refractivity contribution is 5.98. The Morgan fingerprint density at radius 2 is 2.00 bits per heavy atom. The minimum Gasteiger partial charge on any atom is -0.338 e. The third-order valence-corrected chi connectivity index (χ3v) is 6.70. The number of piperidine rings is 1. The molecule has 2 amide bonds. The lowest BCUT2D eigenvalue weighted by molar-refractivity contribution is -0.116. The first-order chi connectivity index (χ1) is 15.8. The molecule has 4 heterocycles. The Morgan fingerprint density at radius 1 is 1.18 bits per heavy atom. The van der Waals surface area contributed by atoms with Crippen LogP contribution in [0.15, 0.2) is 30.6 Å². The number of amides is 2. The molecule has 172 valence electrons. The number of alkyl halides is 2. The van der Waals surface area contributed by atoms with Crippen LogP contribution in [0.25, 0.3) is 5.78 Å². The Balaban J connectivity index is 1.45. The number of rotatable bonds is 3. The molecule has 2 aliphatic rings. The van der Waals surface area contributed by atoms with Gasteiger partial charge in [-0.15, -0.1) is 0 Å². The SMILES string of the molecule is CC(=O)N1CCc2cc(C(=O)N3CCC[C@@](C)(c4cc(C(F)F)nc5ncnn45)C3)ccc21. The van der Waals surface area contributed by atoms with E-state index in [4.69, 9.17) is 0 Å². The van der Waals surface area contributed by atoms with Crippen molar-refractivity contribution in [3.8, 4) is 0 Å². The number of benzene rings is 1. The van der Waals surface area contributed by atoms with Crippen molar-refractivity contribution in [2.75, 3.05) is 24.5 Å². The first kappa shape index (κ1) is 21.4. The lowest BCUT2D eigenvalue weighted by atomic mass is 9.78. The molecule has 1 atom stereocenters. The van der Waals surface area contributed by atoms with Crippen molar-refractivity contribution < 1.29 is 18.4 Å². The van der Waals surface area contributed by atoms with Crippen molar-refractivity contribution in [2.45, 2.75) is 45.0 Å². The van der Waals surface area contributed by atoms with Gasteiger partial charge in [0.2, 0.25) is 5.91 Å². The fourth-order valence-electron chi connectivity index (χ4n) is 5.04. The summed E-state index contributed by atoms with van der Waals surface area (Å²) >= 11 is 0. The van der Waals surface area contributed by atoms with Crippen LogP contribution in [0.5, 0.6) is 0 Å². The highest BCUT2D eigenvalue weighted by Crippen LogP contribution is 2.36. The quantitative estimate of drug-likeness (QED) is 0.607. The highest BCUT2D eigenvalue weighted by Gasteiger charge is 2.38. The Labute approximate surface area is 189 Å². The Hall–Kier alpha value is -3.43. The van der Waals surface area contributed by atoms with E-state index in [0.29, 0.717) is 37.3 Å². The molecule has 8 nitrogen and oxygen atoms in total. The number of hydrogen-bond donors (Lipinski definition) is 0. The van der Waals surface area contributed by atoms with E-state index < -0.39 is 11.8 Å². The summed E-state index contributed by atoms with van der Waals surface area (Å²) in [6.07, 6.45) is 0.733. The minimum atomic E-state index is -2.73. The number of nitrogens with zero attached hydrogens (tertiary/aromatic N) is 6. The van der Waals surface area contributed by atoms with Crippen LogP contribution in [0.4, 0.5) is 14.5 Å². The maximum Gasteiger partial charge on any atom is 0.280 e. The number of carbonyl (C=O) groups is 2. The molecule has 2 aliphatic heterocycles. The molecule has 1 saturated heterocycles. The Kier molecular flexibility index (Phi) is 5.10. The van der Waals surface area contributed by atoms with Crippen molar-refractivity contribution in [1.29, 1.82) is 0 Å². The van der Waals surface area contributed by atoms with Gasteiger partial charge in [-0.05, 0) is 49.1 Å². The van der Waals surface area contributed by atoms with Gasteiger partial charge in [-0.2, -0.15) is 10.1 Å². The second-order valence-electron chi connectivity index (χ2n) is 8.99. The fraction of sp³-hybridized carbons (Fsp3) is 0.435. The molecule has 0 saturated carbocycles. The van der Waals surface area contributed by atoms with Crippen molar-refractivity contribution in [2.24, 2.45) is 0 Å². The first-order valence-corrected chi connectivity index (χ1v) is 11.0. The normalized spacial score (nSPS) is 20.5. The van der Waals surface area contributed by atoms with Gasteiger partial charge in [-0.25, -0.2) is 18.3 Å². The van der Waals surface area contributed by atoms with Crippen LogP contribution in [0, 0.1) is 0 Å². The second kappa shape index (κ2) is 7.86. The largest absolute Gasteiger partial charge is 0.338 e. The van der Waals surface area contributed by atoms with E-state index in [1.807, 2.05) is 19.1 Å². The number of aromatic nitrogens is 4.